The minimum atomic E-state index is -0.296. The number of rotatable bonds is 0. The van der Waals surface area contributed by atoms with E-state index in [0.29, 0.717) is 0 Å². The fourth-order valence-corrected chi connectivity index (χ4v) is 4.25. The van der Waals surface area contributed by atoms with Crippen LogP contribution in [0.3, 0.4) is 0 Å². The summed E-state index contributed by atoms with van der Waals surface area (Å²) in [7, 11) is 0. The molecule has 0 saturated heterocycles. The summed E-state index contributed by atoms with van der Waals surface area (Å²) in [4.78, 5) is 0.160. The number of hydrogen-bond donors (Lipinski definition) is 1. The monoisotopic (exact) mass is 298 g/mol. The van der Waals surface area contributed by atoms with Crippen molar-refractivity contribution in [2.24, 2.45) is 10.8 Å². The van der Waals surface area contributed by atoms with Crippen LogP contribution in [0, 0.1) is 10.8 Å². The lowest BCUT2D eigenvalue weighted by Gasteiger charge is -2.57. The summed E-state index contributed by atoms with van der Waals surface area (Å²) in [6.45, 7) is 11.0. The molecule has 0 aromatic carbocycles. The Morgan fingerprint density at radius 3 is 2.65 bits per heavy atom. The lowest BCUT2D eigenvalue weighted by Crippen LogP contribution is -2.54. The molecule has 1 saturated carbocycles. The number of hydrogen-bond acceptors (Lipinski definition) is 1. The van der Waals surface area contributed by atoms with Gasteiger partial charge in [0.15, 0.2) is 0 Å². The van der Waals surface area contributed by atoms with Gasteiger partial charge in [-0.2, -0.15) is 0 Å². The molecule has 96 valence electrons. The summed E-state index contributed by atoms with van der Waals surface area (Å²) in [6.07, 6.45) is 6.24. The summed E-state index contributed by atoms with van der Waals surface area (Å²) >= 11 is 3.72. The molecule has 17 heavy (non-hydrogen) atoms. The predicted octanol–water partition coefficient (Wildman–Crippen LogP) is 4.21. The van der Waals surface area contributed by atoms with Crippen LogP contribution < -0.4 is 0 Å². The Balaban J connectivity index is 2.41. The van der Waals surface area contributed by atoms with Crippen molar-refractivity contribution in [3.63, 3.8) is 0 Å². The number of halogens is 1. The second-order valence-electron chi connectivity index (χ2n) is 6.34. The zero-order chi connectivity index (χ0) is 12.8. The summed E-state index contributed by atoms with van der Waals surface area (Å²) in [5.74, 6) is 0. The minimum absolute atomic E-state index is 0.0545. The number of allylic oxidation sites excluding steroid dienone is 2. The van der Waals surface area contributed by atoms with Crippen molar-refractivity contribution in [1.29, 1.82) is 0 Å². The highest BCUT2D eigenvalue weighted by Crippen LogP contribution is 2.61. The Kier molecular flexibility index (Phi) is 3.33. The van der Waals surface area contributed by atoms with E-state index >= 15 is 0 Å². The predicted molar refractivity (Wildman–Crippen MR) is 76.3 cm³/mol. The van der Waals surface area contributed by atoms with Crippen LogP contribution in [0.4, 0.5) is 0 Å². The average Bonchev–Trinajstić information content (AvgIpc) is 2.27. The van der Waals surface area contributed by atoms with Gasteiger partial charge in [0.1, 0.15) is 0 Å². The molecule has 0 aliphatic heterocycles. The first-order valence-electron chi connectivity index (χ1n) is 6.47. The van der Waals surface area contributed by atoms with Gasteiger partial charge < -0.3 is 5.11 Å². The molecule has 0 radical (unpaired) electrons. The zero-order valence-corrected chi connectivity index (χ0v) is 12.7. The van der Waals surface area contributed by atoms with Gasteiger partial charge in [-0.25, -0.2) is 0 Å². The third kappa shape index (κ3) is 1.84. The topological polar surface area (TPSA) is 20.2 Å². The van der Waals surface area contributed by atoms with Crippen molar-refractivity contribution in [3.8, 4) is 0 Å². The van der Waals surface area contributed by atoms with Crippen LogP contribution in [0.5, 0.6) is 0 Å². The fraction of sp³-hybridized carbons (Fsp3) is 0.733. The molecule has 2 rings (SSSR count). The van der Waals surface area contributed by atoms with Gasteiger partial charge in [-0.1, -0.05) is 53.6 Å². The molecule has 2 heteroatoms. The van der Waals surface area contributed by atoms with Crippen molar-refractivity contribution in [3.05, 3.63) is 23.8 Å². The van der Waals surface area contributed by atoms with E-state index in [1.165, 1.54) is 17.6 Å². The Morgan fingerprint density at radius 2 is 2.12 bits per heavy atom. The van der Waals surface area contributed by atoms with E-state index in [2.05, 4.69) is 49.4 Å². The second-order valence-corrected chi connectivity index (χ2v) is 7.32. The van der Waals surface area contributed by atoms with Gasteiger partial charge in [0.2, 0.25) is 0 Å². The Morgan fingerprint density at radius 1 is 1.47 bits per heavy atom. The van der Waals surface area contributed by atoms with Gasteiger partial charge in [0.05, 0.1) is 6.10 Å². The van der Waals surface area contributed by atoms with Crippen molar-refractivity contribution in [1.82, 2.24) is 0 Å². The molecule has 0 unspecified atom stereocenters. The highest BCUT2D eigenvalue weighted by Gasteiger charge is 2.55. The Labute approximate surface area is 113 Å². The Hall–Kier alpha value is -0.0800. The van der Waals surface area contributed by atoms with Crippen LogP contribution in [-0.2, 0) is 0 Å². The fourth-order valence-electron chi connectivity index (χ4n) is 3.62. The number of aliphatic hydroxyl groups excluding tert-OH is 1. The maximum atomic E-state index is 10.1. The van der Waals surface area contributed by atoms with E-state index in [4.69, 9.17) is 0 Å². The van der Waals surface area contributed by atoms with Crippen LogP contribution in [0.15, 0.2) is 23.8 Å². The molecule has 1 fully saturated rings. The normalized spacial score (nSPS) is 41.5. The van der Waals surface area contributed by atoms with Gasteiger partial charge >= 0.3 is 0 Å². The largest absolute Gasteiger partial charge is 0.392 e. The molecule has 1 nitrogen and oxygen atoms in total. The molecule has 2 aliphatic rings. The molecule has 3 atom stereocenters. The summed E-state index contributed by atoms with van der Waals surface area (Å²) in [6, 6.07) is 0. The lowest BCUT2D eigenvalue weighted by molar-refractivity contribution is 0.00123. The molecule has 0 bridgehead atoms. The van der Waals surface area contributed by atoms with Crippen molar-refractivity contribution < 1.29 is 5.11 Å². The molecule has 1 spiro atoms. The highest BCUT2D eigenvalue weighted by molar-refractivity contribution is 9.09. The number of aliphatic hydroxyl groups is 1. The smallest absolute Gasteiger partial charge is 0.0707 e. The SMILES string of the molecule is C=C1C[C@@H](O)[C@H](Br)C(C)(C)[C@]12CC=C(C)CC2. The molecule has 0 aromatic rings. The van der Waals surface area contributed by atoms with E-state index < -0.39 is 0 Å². The molecule has 0 amide bonds. The zero-order valence-electron chi connectivity index (χ0n) is 11.1. The van der Waals surface area contributed by atoms with E-state index in [1.807, 2.05) is 0 Å². The maximum Gasteiger partial charge on any atom is 0.0707 e. The lowest BCUT2D eigenvalue weighted by atomic mass is 9.50. The molecule has 0 aromatic heterocycles. The van der Waals surface area contributed by atoms with E-state index in [-0.39, 0.29) is 21.8 Å². The van der Waals surface area contributed by atoms with Gasteiger partial charge in [-0.15, -0.1) is 0 Å². The van der Waals surface area contributed by atoms with Crippen molar-refractivity contribution in [2.75, 3.05) is 0 Å². The third-order valence-electron chi connectivity index (χ3n) is 5.14. The Bertz CT molecular complexity index is 369. The molecular formula is C15H23BrO. The van der Waals surface area contributed by atoms with Crippen molar-refractivity contribution >= 4 is 15.9 Å². The van der Waals surface area contributed by atoms with Crippen LogP contribution in [-0.4, -0.2) is 16.0 Å². The van der Waals surface area contributed by atoms with Crippen LogP contribution in [0.1, 0.15) is 46.5 Å². The molecule has 0 heterocycles. The first-order chi connectivity index (χ1) is 7.81. The van der Waals surface area contributed by atoms with Crippen molar-refractivity contribution in [2.45, 2.75) is 57.4 Å². The molecule has 1 N–H and O–H groups in total. The third-order valence-corrected chi connectivity index (χ3v) is 6.89. The summed E-state index contributed by atoms with van der Waals surface area (Å²) in [5, 5.41) is 10.1. The van der Waals surface area contributed by atoms with Gasteiger partial charge in [0.25, 0.3) is 0 Å². The molecular weight excluding hydrogens is 276 g/mol. The molecule has 2 aliphatic carbocycles. The van der Waals surface area contributed by atoms with Crippen LogP contribution >= 0.6 is 15.9 Å². The van der Waals surface area contributed by atoms with Gasteiger partial charge in [-0.3, -0.25) is 0 Å². The van der Waals surface area contributed by atoms with Gasteiger partial charge in [0, 0.05) is 10.2 Å². The average molecular weight is 299 g/mol. The second kappa shape index (κ2) is 4.24. The first-order valence-corrected chi connectivity index (χ1v) is 7.39. The van der Waals surface area contributed by atoms with E-state index in [1.54, 1.807) is 0 Å². The van der Waals surface area contributed by atoms with Crippen LogP contribution in [0.25, 0.3) is 0 Å². The summed E-state index contributed by atoms with van der Waals surface area (Å²) in [5.41, 5.74) is 2.96. The summed E-state index contributed by atoms with van der Waals surface area (Å²) < 4.78 is 0. The minimum Gasteiger partial charge on any atom is -0.392 e. The maximum absolute atomic E-state index is 10.1. The van der Waals surface area contributed by atoms with Crippen LogP contribution in [0.2, 0.25) is 0 Å². The van der Waals surface area contributed by atoms with E-state index in [9.17, 15) is 5.11 Å². The van der Waals surface area contributed by atoms with E-state index in [0.717, 1.165) is 19.3 Å². The highest BCUT2D eigenvalue weighted by atomic mass is 79.9. The first kappa shape index (κ1) is 13.4. The standard InChI is InChI=1S/C15H23BrO/c1-10-5-7-15(8-6-10)11(2)9-12(17)13(16)14(15,3)4/h5,12-13,17H,2,6-9H2,1,3-4H3/t12-,13+,15+/m1/s1. The van der Waals surface area contributed by atoms with Gasteiger partial charge in [-0.05, 0) is 38.0 Å². The quantitative estimate of drug-likeness (QED) is 0.524. The number of alkyl halides is 1.